The molecule has 2 rings (SSSR count). The summed E-state index contributed by atoms with van der Waals surface area (Å²) in [4.78, 5) is 4.35. The van der Waals surface area contributed by atoms with Gasteiger partial charge >= 0.3 is 0 Å². The number of aryl methyl sites for hydroxylation is 1. The van der Waals surface area contributed by atoms with E-state index in [1.807, 2.05) is 37.3 Å². The maximum Gasteiger partial charge on any atom is 0.149 e. The molecule has 0 amide bonds. The molecule has 16 heavy (non-hydrogen) atoms. The van der Waals surface area contributed by atoms with Crippen molar-refractivity contribution < 1.29 is 0 Å². The molecule has 3 N–H and O–H groups in total. The molecule has 0 saturated carbocycles. The van der Waals surface area contributed by atoms with E-state index >= 15 is 0 Å². The molecule has 0 saturated heterocycles. The van der Waals surface area contributed by atoms with Gasteiger partial charge in [0.05, 0.1) is 5.69 Å². The van der Waals surface area contributed by atoms with Crippen LogP contribution < -0.4 is 11.1 Å². The number of aromatic nitrogens is 1. The third kappa shape index (κ3) is 2.51. The van der Waals surface area contributed by atoms with Crippen LogP contribution >= 0.6 is 0 Å². The zero-order chi connectivity index (χ0) is 11.4. The average Bonchev–Trinajstić information content (AvgIpc) is 2.32. The van der Waals surface area contributed by atoms with Crippen LogP contribution in [0.25, 0.3) is 0 Å². The van der Waals surface area contributed by atoms with E-state index in [1.165, 1.54) is 5.56 Å². The second-order valence-corrected chi connectivity index (χ2v) is 3.73. The van der Waals surface area contributed by atoms with Crippen molar-refractivity contribution in [3.8, 4) is 0 Å². The highest BCUT2D eigenvalue weighted by atomic mass is 15.0. The van der Waals surface area contributed by atoms with Gasteiger partial charge in [-0.3, -0.25) is 0 Å². The minimum atomic E-state index is 0.682. The van der Waals surface area contributed by atoms with Crippen molar-refractivity contribution in [2.45, 2.75) is 13.5 Å². The molecule has 0 unspecified atom stereocenters. The first-order valence-corrected chi connectivity index (χ1v) is 5.26. The second-order valence-electron chi connectivity index (χ2n) is 3.73. The monoisotopic (exact) mass is 213 g/mol. The SMILES string of the molecule is Cc1ccc(N)c(NCc2ccccc2)n1. The zero-order valence-electron chi connectivity index (χ0n) is 9.27. The van der Waals surface area contributed by atoms with Gasteiger partial charge in [-0.1, -0.05) is 30.3 Å². The summed E-state index contributed by atoms with van der Waals surface area (Å²) in [5, 5.41) is 3.23. The molecule has 0 aliphatic heterocycles. The molecule has 0 spiro atoms. The van der Waals surface area contributed by atoms with E-state index in [0.29, 0.717) is 5.69 Å². The van der Waals surface area contributed by atoms with E-state index in [2.05, 4.69) is 22.4 Å². The van der Waals surface area contributed by atoms with Crippen LogP contribution in [0, 0.1) is 6.92 Å². The lowest BCUT2D eigenvalue weighted by molar-refractivity contribution is 1.09. The summed E-state index contributed by atoms with van der Waals surface area (Å²) >= 11 is 0. The Morgan fingerprint density at radius 1 is 1.12 bits per heavy atom. The van der Waals surface area contributed by atoms with E-state index in [-0.39, 0.29) is 0 Å². The standard InChI is InChI=1S/C13H15N3/c1-10-7-8-12(14)13(16-10)15-9-11-5-3-2-4-6-11/h2-8H,9,14H2,1H3,(H,15,16). The summed E-state index contributed by atoms with van der Waals surface area (Å²) in [6.07, 6.45) is 0. The molecule has 1 aromatic heterocycles. The number of benzene rings is 1. The Balaban J connectivity index is 2.08. The van der Waals surface area contributed by atoms with Gasteiger partial charge in [0.15, 0.2) is 0 Å². The van der Waals surface area contributed by atoms with Crippen LogP contribution in [0.5, 0.6) is 0 Å². The van der Waals surface area contributed by atoms with Crippen molar-refractivity contribution >= 4 is 11.5 Å². The van der Waals surface area contributed by atoms with E-state index in [1.54, 1.807) is 0 Å². The Hall–Kier alpha value is -2.03. The lowest BCUT2D eigenvalue weighted by Crippen LogP contribution is -2.05. The predicted octanol–water partition coefficient (Wildman–Crippen LogP) is 2.58. The first-order chi connectivity index (χ1) is 7.75. The number of nitrogen functional groups attached to an aromatic ring is 1. The Morgan fingerprint density at radius 3 is 2.62 bits per heavy atom. The summed E-state index contributed by atoms with van der Waals surface area (Å²) in [5.41, 5.74) is 8.69. The van der Waals surface area contributed by atoms with Crippen LogP contribution in [0.1, 0.15) is 11.3 Å². The quantitative estimate of drug-likeness (QED) is 0.824. The predicted molar refractivity (Wildman–Crippen MR) is 67.2 cm³/mol. The number of nitrogens with two attached hydrogens (primary N) is 1. The van der Waals surface area contributed by atoms with Gasteiger partial charge in [0.1, 0.15) is 5.82 Å². The number of hydrogen-bond donors (Lipinski definition) is 2. The molecule has 0 fully saturated rings. The van der Waals surface area contributed by atoms with Crippen molar-refractivity contribution in [3.63, 3.8) is 0 Å². The van der Waals surface area contributed by atoms with Crippen LogP contribution in [0.2, 0.25) is 0 Å². The molecule has 3 heteroatoms. The fourth-order valence-corrected chi connectivity index (χ4v) is 1.49. The molecule has 0 aliphatic carbocycles. The van der Waals surface area contributed by atoms with E-state index in [4.69, 9.17) is 5.73 Å². The molecule has 1 aromatic carbocycles. The molecule has 0 bridgehead atoms. The summed E-state index contributed by atoms with van der Waals surface area (Å²) in [6.45, 7) is 2.69. The van der Waals surface area contributed by atoms with Gasteiger partial charge < -0.3 is 11.1 Å². The highest BCUT2D eigenvalue weighted by molar-refractivity contribution is 5.61. The minimum absolute atomic E-state index is 0.682. The summed E-state index contributed by atoms with van der Waals surface area (Å²) in [5.74, 6) is 0.754. The number of pyridine rings is 1. The second kappa shape index (κ2) is 4.66. The van der Waals surface area contributed by atoms with Gasteiger partial charge in [-0.2, -0.15) is 0 Å². The molecular weight excluding hydrogens is 198 g/mol. The Kier molecular flexibility index (Phi) is 3.05. The van der Waals surface area contributed by atoms with Gasteiger partial charge in [0, 0.05) is 12.2 Å². The molecule has 0 aliphatic rings. The summed E-state index contributed by atoms with van der Waals surface area (Å²) in [7, 11) is 0. The molecule has 2 aromatic rings. The van der Waals surface area contributed by atoms with Gasteiger partial charge in [-0.15, -0.1) is 0 Å². The molecule has 82 valence electrons. The third-order valence-corrected chi connectivity index (χ3v) is 2.37. The number of nitrogens with zero attached hydrogens (tertiary/aromatic N) is 1. The Bertz CT molecular complexity index is 466. The smallest absolute Gasteiger partial charge is 0.149 e. The van der Waals surface area contributed by atoms with Crippen LogP contribution in [0.4, 0.5) is 11.5 Å². The molecular formula is C13H15N3. The minimum Gasteiger partial charge on any atom is -0.396 e. The molecule has 1 heterocycles. The first-order valence-electron chi connectivity index (χ1n) is 5.26. The molecule has 0 atom stereocenters. The van der Waals surface area contributed by atoms with Gasteiger partial charge in [0.25, 0.3) is 0 Å². The number of nitrogens with one attached hydrogen (secondary N) is 1. The number of anilines is 2. The van der Waals surface area contributed by atoms with Crippen molar-refractivity contribution in [3.05, 3.63) is 53.7 Å². The fourth-order valence-electron chi connectivity index (χ4n) is 1.49. The van der Waals surface area contributed by atoms with Crippen molar-refractivity contribution in [2.24, 2.45) is 0 Å². The van der Waals surface area contributed by atoms with Gasteiger partial charge in [-0.05, 0) is 24.6 Å². The first kappa shape index (κ1) is 10.5. The fraction of sp³-hybridized carbons (Fsp3) is 0.154. The normalized spacial score (nSPS) is 10.1. The lowest BCUT2D eigenvalue weighted by Gasteiger charge is -2.08. The van der Waals surface area contributed by atoms with Crippen LogP contribution in [0.3, 0.4) is 0 Å². The average molecular weight is 213 g/mol. The highest BCUT2D eigenvalue weighted by Gasteiger charge is 2.00. The van der Waals surface area contributed by atoms with Crippen molar-refractivity contribution in [2.75, 3.05) is 11.1 Å². The van der Waals surface area contributed by atoms with Crippen LogP contribution in [-0.4, -0.2) is 4.98 Å². The van der Waals surface area contributed by atoms with Crippen LogP contribution in [0.15, 0.2) is 42.5 Å². The van der Waals surface area contributed by atoms with E-state index < -0.39 is 0 Å². The Morgan fingerprint density at radius 2 is 1.88 bits per heavy atom. The molecule has 0 radical (unpaired) electrons. The van der Waals surface area contributed by atoms with Gasteiger partial charge in [0.2, 0.25) is 0 Å². The van der Waals surface area contributed by atoms with Crippen molar-refractivity contribution in [1.82, 2.24) is 4.98 Å². The summed E-state index contributed by atoms with van der Waals surface area (Å²) < 4.78 is 0. The lowest BCUT2D eigenvalue weighted by atomic mass is 10.2. The number of hydrogen-bond acceptors (Lipinski definition) is 3. The molecule has 3 nitrogen and oxygen atoms in total. The highest BCUT2D eigenvalue weighted by Crippen LogP contribution is 2.16. The topological polar surface area (TPSA) is 50.9 Å². The van der Waals surface area contributed by atoms with Crippen LogP contribution in [-0.2, 0) is 6.54 Å². The largest absolute Gasteiger partial charge is 0.396 e. The maximum atomic E-state index is 5.83. The maximum absolute atomic E-state index is 5.83. The Labute approximate surface area is 95.3 Å². The van der Waals surface area contributed by atoms with Crippen molar-refractivity contribution in [1.29, 1.82) is 0 Å². The van der Waals surface area contributed by atoms with E-state index in [0.717, 1.165) is 18.1 Å². The van der Waals surface area contributed by atoms with E-state index in [9.17, 15) is 0 Å². The van der Waals surface area contributed by atoms with Gasteiger partial charge in [-0.25, -0.2) is 4.98 Å². The zero-order valence-corrected chi connectivity index (χ0v) is 9.27. The third-order valence-electron chi connectivity index (χ3n) is 2.37. The summed E-state index contributed by atoms with van der Waals surface area (Å²) in [6, 6.07) is 14.0. The number of rotatable bonds is 3.